The Labute approximate surface area is 176 Å². The Balaban J connectivity index is 2.41. The van der Waals surface area contributed by atoms with Crippen LogP contribution in [0.15, 0.2) is 34.8 Å². The van der Waals surface area contributed by atoms with Gasteiger partial charge in [0.15, 0.2) is 0 Å². The number of hydrogen-bond donors (Lipinski definition) is 1. The van der Waals surface area contributed by atoms with Gasteiger partial charge in [-0.1, -0.05) is 17.7 Å². The highest BCUT2D eigenvalue weighted by atomic mass is 79.9. The van der Waals surface area contributed by atoms with Gasteiger partial charge < -0.3 is 9.47 Å². The van der Waals surface area contributed by atoms with Crippen LogP contribution in [0.1, 0.15) is 27.0 Å². The maximum atomic E-state index is 14.0. The number of ether oxygens (including phenoxy) is 2. The molecule has 0 aliphatic heterocycles. The minimum atomic E-state index is -4.08. The zero-order chi connectivity index (χ0) is 21.8. The predicted molar refractivity (Wildman–Crippen MR) is 109 cm³/mol. The molecule has 0 radical (unpaired) electrons. The molecule has 156 valence electrons. The molecule has 0 atom stereocenters. The lowest BCUT2D eigenvalue weighted by Gasteiger charge is -2.15. The molecule has 0 aliphatic rings. The molecule has 0 unspecified atom stereocenters. The number of benzene rings is 2. The number of carbonyl (C=O) groups excluding carboxylic acids is 2. The number of nitrogens with one attached hydrogen (secondary N) is 1. The first kappa shape index (κ1) is 22.8. The molecule has 10 heteroatoms. The number of esters is 2. The molecule has 7 nitrogen and oxygen atoms in total. The van der Waals surface area contributed by atoms with E-state index in [1.807, 2.05) is 0 Å². The molecule has 29 heavy (non-hydrogen) atoms. The van der Waals surface area contributed by atoms with Crippen LogP contribution in [0.2, 0.25) is 0 Å². The quantitative estimate of drug-likeness (QED) is 0.601. The summed E-state index contributed by atoms with van der Waals surface area (Å²) in [6, 6.07) is 7.05. The zero-order valence-electron chi connectivity index (χ0n) is 15.9. The van der Waals surface area contributed by atoms with Gasteiger partial charge in [-0.3, -0.25) is 9.52 Å². The fourth-order valence-electron chi connectivity index (χ4n) is 2.62. The molecule has 0 saturated heterocycles. The van der Waals surface area contributed by atoms with Gasteiger partial charge in [0.25, 0.3) is 0 Å². The second-order valence-electron chi connectivity index (χ2n) is 6.15. The standard InChI is InChI=1S/C19H19BrFNO6S/c1-11-4-7-16(12(8-11)9-17(23)27-2)22-29(25,26)10-14-13(19(24)28-3)5-6-15(21)18(14)20/h4-8,22H,9-10H2,1-3H3. The van der Waals surface area contributed by atoms with Gasteiger partial charge in [-0.05, 0) is 46.6 Å². The average molecular weight is 488 g/mol. The van der Waals surface area contributed by atoms with Crippen molar-refractivity contribution in [1.82, 2.24) is 0 Å². The van der Waals surface area contributed by atoms with Crippen molar-refractivity contribution in [3.63, 3.8) is 0 Å². The van der Waals surface area contributed by atoms with Crippen LogP contribution in [0.4, 0.5) is 10.1 Å². The molecule has 2 rings (SSSR count). The highest BCUT2D eigenvalue weighted by Gasteiger charge is 2.24. The van der Waals surface area contributed by atoms with Crippen molar-refractivity contribution in [2.24, 2.45) is 0 Å². The van der Waals surface area contributed by atoms with Gasteiger partial charge in [0.2, 0.25) is 10.0 Å². The summed E-state index contributed by atoms with van der Waals surface area (Å²) in [4.78, 5) is 23.6. The molecule has 1 N–H and O–H groups in total. The molecular formula is C19H19BrFNO6S. The Morgan fingerprint density at radius 3 is 2.45 bits per heavy atom. The van der Waals surface area contributed by atoms with Crippen LogP contribution in [-0.2, 0) is 36.5 Å². The van der Waals surface area contributed by atoms with E-state index in [9.17, 15) is 22.4 Å². The Hall–Kier alpha value is -2.46. The van der Waals surface area contributed by atoms with E-state index in [1.54, 1.807) is 19.1 Å². The van der Waals surface area contributed by atoms with E-state index in [4.69, 9.17) is 0 Å². The number of aryl methyl sites for hydroxylation is 1. The number of hydrogen-bond acceptors (Lipinski definition) is 6. The molecular weight excluding hydrogens is 469 g/mol. The molecule has 0 heterocycles. The van der Waals surface area contributed by atoms with Crippen LogP contribution in [-0.4, -0.2) is 34.6 Å². The van der Waals surface area contributed by atoms with E-state index in [2.05, 4.69) is 30.1 Å². The maximum Gasteiger partial charge on any atom is 0.338 e. The first-order chi connectivity index (χ1) is 13.6. The van der Waals surface area contributed by atoms with Gasteiger partial charge in [0, 0.05) is 5.56 Å². The number of methoxy groups -OCH3 is 2. The fourth-order valence-corrected chi connectivity index (χ4v) is 4.58. The fraction of sp³-hybridized carbons (Fsp3) is 0.263. The summed E-state index contributed by atoms with van der Waals surface area (Å²) in [7, 11) is -1.70. The summed E-state index contributed by atoms with van der Waals surface area (Å²) in [5.74, 6) is -2.74. The smallest absolute Gasteiger partial charge is 0.338 e. The molecule has 2 aromatic carbocycles. The number of halogens is 2. The first-order valence-corrected chi connectivity index (χ1v) is 10.7. The first-order valence-electron chi connectivity index (χ1n) is 8.30. The molecule has 0 aliphatic carbocycles. The molecule has 0 bridgehead atoms. The van der Waals surface area contributed by atoms with Gasteiger partial charge in [-0.2, -0.15) is 0 Å². The number of carbonyl (C=O) groups is 2. The van der Waals surface area contributed by atoms with E-state index in [-0.39, 0.29) is 27.7 Å². The zero-order valence-corrected chi connectivity index (χ0v) is 18.3. The third-order valence-corrected chi connectivity index (χ3v) is 6.08. The Morgan fingerprint density at radius 1 is 1.14 bits per heavy atom. The van der Waals surface area contributed by atoms with Crippen LogP contribution >= 0.6 is 15.9 Å². The molecule has 0 saturated carbocycles. The highest BCUT2D eigenvalue weighted by molar-refractivity contribution is 9.10. The lowest BCUT2D eigenvalue weighted by Crippen LogP contribution is -2.19. The molecule has 2 aromatic rings. The third kappa shape index (κ3) is 5.77. The van der Waals surface area contributed by atoms with Crippen LogP contribution in [0, 0.1) is 12.7 Å². The Morgan fingerprint density at radius 2 is 1.83 bits per heavy atom. The summed E-state index contributed by atoms with van der Waals surface area (Å²) in [6.45, 7) is 1.80. The van der Waals surface area contributed by atoms with Crippen LogP contribution in [0.3, 0.4) is 0 Å². The largest absolute Gasteiger partial charge is 0.469 e. The van der Waals surface area contributed by atoms with Gasteiger partial charge in [-0.25, -0.2) is 17.6 Å². The van der Waals surface area contributed by atoms with E-state index in [0.29, 0.717) is 5.56 Å². The topological polar surface area (TPSA) is 98.8 Å². The van der Waals surface area contributed by atoms with Crippen LogP contribution in [0.25, 0.3) is 0 Å². The van der Waals surface area contributed by atoms with Gasteiger partial charge >= 0.3 is 11.9 Å². The number of rotatable bonds is 7. The van der Waals surface area contributed by atoms with E-state index in [1.165, 1.54) is 13.2 Å². The lowest BCUT2D eigenvalue weighted by atomic mass is 10.1. The maximum absolute atomic E-state index is 14.0. The molecule has 0 amide bonds. The predicted octanol–water partition coefficient (Wildman–Crippen LogP) is 3.34. The monoisotopic (exact) mass is 487 g/mol. The summed E-state index contributed by atoms with van der Waals surface area (Å²) < 4.78 is 51.0. The molecule has 0 spiro atoms. The van der Waals surface area contributed by atoms with Crippen molar-refractivity contribution in [2.45, 2.75) is 19.1 Å². The molecule has 0 fully saturated rings. The van der Waals surface area contributed by atoms with Gasteiger partial charge in [0.1, 0.15) is 5.82 Å². The van der Waals surface area contributed by atoms with Crippen molar-refractivity contribution in [2.75, 3.05) is 18.9 Å². The van der Waals surface area contributed by atoms with E-state index < -0.39 is 33.5 Å². The summed E-state index contributed by atoms with van der Waals surface area (Å²) in [6.07, 6.45) is -0.132. The van der Waals surface area contributed by atoms with Gasteiger partial charge in [-0.15, -0.1) is 0 Å². The van der Waals surface area contributed by atoms with Crippen molar-refractivity contribution in [3.05, 3.63) is 62.9 Å². The normalized spacial score (nSPS) is 11.1. The third-order valence-electron chi connectivity index (χ3n) is 4.02. The number of sulfonamides is 1. The van der Waals surface area contributed by atoms with Crippen molar-refractivity contribution in [1.29, 1.82) is 0 Å². The minimum Gasteiger partial charge on any atom is -0.469 e. The summed E-state index contributed by atoms with van der Waals surface area (Å²) in [5.41, 5.74) is 1.28. The van der Waals surface area contributed by atoms with Crippen molar-refractivity contribution >= 4 is 43.6 Å². The second kappa shape index (κ2) is 9.36. The SMILES string of the molecule is COC(=O)Cc1cc(C)ccc1NS(=O)(=O)Cc1c(C(=O)OC)ccc(F)c1Br. The minimum absolute atomic E-state index is 0.0778. The lowest BCUT2D eigenvalue weighted by molar-refractivity contribution is -0.139. The summed E-state index contributed by atoms with van der Waals surface area (Å²) in [5, 5.41) is 0. The second-order valence-corrected chi connectivity index (χ2v) is 8.67. The summed E-state index contributed by atoms with van der Waals surface area (Å²) >= 11 is 3.00. The highest BCUT2D eigenvalue weighted by Crippen LogP contribution is 2.28. The average Bonchev–Trinajstić information content (AvgIpc) is 2.66. The van der Waals surface area contributed by atoms with Crippen molar-refractivity contribution in [3.8, 4) is 0 Å². The Bertz CT molecular complexity index is 1050. The van der Waals surface area contributed by atoms with Crippen LogP contribution in [0.5, 0.6) is 0 Å². The van der Waals surface area contributed by atoms with Crippen molar-refractivity contribution < 1.29 is 31.9 Å². The van der Waals surface area contributed by atoms with E-state index >= 15 is 0 Å². The van der Waals surface area contributed by atoms with Crippen LogP contribution < -0.4 is 4.72 Å². The number of anilines is 1. The Kier molecular flexibility index (Phi) is 7.37. The van der Waals surface area contributed by atoms with E-state index in [0.717, 1.165) is 24.8 Å². The molecule has 0 aromatic heterocycles. The van der Waals surface area contributed by atoms with Gasteiger partial charge in [0.05, 0.1) is 42.1 Å².